The zero-order valence-electron chi connectivity index (χ0n) is 23.5. The minimum absolute atomic E-state index is 0.0400. The lowest BCUT2D eigenvalue weighted by atomic mass is 10.0. The minimum Gasteiger partial charge on any atom is -0.451 e. The van der Waals surface area contributed by atoms with Crippen LogP contribution in [-0.2, 0) is 0 Å². The number of anilines is 1. The van der Waals surface area contributed by atoms with E-state index in [1.165, 1.54) is 12.5 Å². The summed E-state index contributed by atoms with van der Waals surface area (Å²) < 4.78 is 24.1. The Balaban J connectivity index is 1.39. The van der Waals surface area contributed by atoms with E-state index in [9.17, 15) is 9.59 Å². The van der Waals surface area contributed by atoms with Gasteiger partial charge in [0.2, 0.25) is 5.43 Å². The highest BCUT2D eigenvalue weighted by Gasteiger charge is 2.31. The van der Waals surface area contributed by atoms with Crippen molar-refractivity contribution >= 4 is 33.3 Å². The lowest BCUT2D eigenvalue weighted by Crippen LogP contribution is -2.48. The lowest BCUT2D eigenvalue weighted by Gasteiger charge is -2.33. The van der Waals surface area contributed by atoms with Gasteiger partial charge < -0.3 is 29.3 Å². The fourth-order valence-electron chi connectivity index (χ4n) is 6.58. The maximum absolute atomic E-state index is 15.8. The van der Waals surface area contributed by atoms with E-state index >= 15 is 4.39 Å². The maximum Gasteiger partial charge on any atom is 0.259 e. The van der Waals surface area contributed by atoms with Crippen LogP contribution in [0.4, 0.5) is 10.1 Å². The van der Waals surface area contributed by atoms with Gasteiger partial charge in [-0.25, -0.2) is 4.39 Å². The summed E-state index contributed by atoms with van der Waals surface area (Å²) in [7, 11) is 4.14. The van der Waals surface area contributed by atoms with Gasteiger partial charge in [-0.3, -0.25) is 9.59 Å². The molecule has 1 amide bonds. The molecule has 4 aromatic rings. The molecule has 0 bridgehead atoms. The highest BCUT2D eigenvalue weighted by molar-refractivity contribution is 6.04. The normalized spacial score (nSPS) is 19.0. The Morgan fingerprint density at radius 2 is 1.85 bits per heavy atom. The number of benzene rings is 3. The number of nitrogens with one attached hydrogen (secondary N) is 1. The number of halogens is 1. The first-order chi connectivity index (χ1) is 19.9. The average Bonchev–Trinajstić information content (AvgIpc) is 3.39. The number of amides is 1. The van der Waals surface area contributed by atoms with Gasteiger partial charge in [0.25, 0.3) is 5.91 Å². The molecule has 8 nitrogen and oxygen atoms in total. The molecule has 212 valence electrons. The van der Waals surface area contributed by atoms with Crippen LogP contribution in [0.5, 0.6) is 11.5 Å². The summed E-state index contributed by atoms with van der Waals surface area (Å²) in [5.74, 6) is -0.0715. The molecule has 4 heterocycles. The molecule has 0 spiro atoms. The summed E-state index contributed by atoms with van der Waals surface area (Å²) in [4.78, 5) is 33.8. The van der Waals surface area contributed by atoms with Crippen molar-refractivity contribution in [1.29, 1.82) is 0 Å². The molecular formula is C32H34FN5O3. The number of ether oxygens (including phenoxy) is 1. The van der Waals surface area contributed by atoms with E-state index in [0.717, 1.165) is 48.9 Å². The van der Waals surface area contributed by atoms with Crippen LogP contribution in [0.25, 0.3) is 27.4 Å². The van der Waals surface area contributed by atoms with Gasteiger partial charge in [0.1, 0.15) is 16.8 Å². The van der Waals surface area contributed by atoms with Crippen molar-refractivity contribution in [3.8, 4) is 17.2 Å². The van der Waals surface area contributed by atoms with Crippen molar-refractivity contribution in [2.24, 2.45) is 0 Å². The first-order valence-corrected chi connectivity index (χ1v) is 14.4. The quantitative estimate of drug-likeness (QED) is 0.340. The van der Waals surface area contributed by atoms with Crippen LogP contribution in [0.2, 0.25) is 0 Å². The summed E-state index contributed by atoms with van der Waals surface area (Å²) in [5, 5.41) is 5.34. The molecule has 3 aromatic carbocycles. The molecule has 1 unspecified atom stereocenters. The number of hydrogen-bond donors (Lipinski definition) is 1. The predicted octanol–water partition coefficient (Wildman–Crippen LogP) is 4.67. The third-order valence-corrected chi connectivity index (χ3v) is 8.98. The second-order valence-electron chi connectivity index (χ2n) is 11.5. The van der Waals surface area contributed by atoms with Gasteiger partial charge in [-0.05, 0) is 57.4 Å². The van der Waals surface area contributed by atoms with Gasteiger partial charge in [-0.1, -0.05) is 30.3 Å². The summed E-state index contributed by atoms with van der Waals surface area (Å²) in [6, 6.07) is 13.5. The number of pyridine rings is 1. The van der Waals surface area contributed by atoms with E-state index in [1.54, 1.807) is 11.1 Å². The number of rotatable bonds is 5. The molecule has 3 aliphatic heterocycles. The minimum atomic E-state index is -0.565. The third kappa shape index (κ3) is 4.35. The zero-order valence-corrected chi connectivity index (χ0v) is 23.5. The highest BCUT2D eigenvalue weighted by atomic mass is 19.1. The monoisotopic (exact) mass is 555 g/mol. The van der Waals surface area contributed by atoms with Gasteiger partial charge in [0.05, 0.1) is 11.1 Å². The van der Waals surface area contributed by atoms with E-state index in [1.807, 2.05) is 48.0 Å². The topological polar surface area (TPSA) is 70.0 Å². The van der Waals surface area contributed by atoms with Gasteiger partial charge in [-0.15, -0.1) is 0 Å². The molecule has 0 aliphatic carbocycles. The van der Waals surface area contributed by atoms with Crippen LogP contribution in [0.3, 0.4) is 0 Å². The Kier molecular flexibility index (Phi) is 6.43. The number of hydrogen-bond acceptors (Lipinski definition) is 6. The molecule has 1 N–H and O–H groups in total. The van der Waals surface area contributed by atoms with E-state index < -0.39 is 11.2 Å². The lowest BCUT2D eigenvalue weighted by molar-refractivity contribution is 0.0662. The predicted molar refractivity (Wildman–Crippen MR) is 159 cm³/mol. The summed E-state index contributed by atoms with van der Waals surface area (Å²) in [6.45, 7) is 4.19. The second kappa shape index (κ2) is 10.2. The number of likely N-dealkylation sites (tertiary alicyclic amines) is 1. The molecule has 9 heteroatoms. The number of fused-ring (bicyclic) bond motifs is 4. The molecule has 0 saturated carbocycles. The fraction of sp³-hybridized carbons (Fsp3) is 0.375. The number of carbonyl (C=O) groups excluding carboxylic acids is 1. The molecular weight excluding hydrogens is 521 g/mol. The number of piperazine rings is 1. The van der Waals surface area contributed by atoms with Crippen molar-refractivity contribution in [1.82, 2.24) is 19.3 Å². The third-order valence-electron chi connectivity index (χ3n) is 8.98. The molecule has 1 aromatic heterocycles. The van der Waals surface area contributed by atoms with Crippen molar-refractivity contribution in [3.05, 3.63) is 70.3 Å². The molecule has 41 heavy (non-hydrogen) atoms. The largest absolute Gasteiger partial charge is 0.451 e. The number of likely N-dealkylation sites (N-methyl/N-ethyl adjacent to an activating group) is 1. The SMILES string of the molecule is CN1CCN(C(=O)c2cn3c4c(c(NCCC5CCCN5C)c(F)cc4c2=O)Oc2ccc4ccccc4c2-3)CC1. The number of nitrogens with zero attached hydrogens (tertiary/aromatic N) is 4. The van der Waals surface area contributed by atoms with Gasteiger partial charge in [0.15, 0.2) is 17.3 Å². The van der Waals surface area contributed by atoms with Crippen molar-refractivity contribution in [2.75, 3.05) is 58.7 Å². The Morgan fingerprint density at radius 1 is 1.05 bits per heavy atom. The van der Waals surface area contributed by atoms with Gasteiger partial charge in [-0.2, -0.15) is 0 Å². The Hall–Kier alpha value is -3.95. The average molecular weight is 556 g/mol. The number of carbonyl (C=O) groups is 1. The first-order valence-electron chi connectivity index (χ1n) is 14.4. The second-order valence-corrected chi connectivity index (χ2v) is 11.5. The summed E-state index contributed by atoms with van der Waals surface area (Å²) in [6.07, 6.45) is 4.82. The van der Waals surface area contributed by atoms with Crippen LogP contribution in [0.15, 0.2) is 53.5 Å². The molecule has 7 rings (SSSR count). The standard InChI is InChI=1S/C32H34FN5O3/c1-35-14-16-37(17-15-35)32(40)24-19-38-28-22-8-4-3-6-20(22)9-10-26(28)41-31-27(25(33)18-23(29(31)38)30(24)39)34-12-11-21-7-5-13-36(21)2/h3-4,6,8-10,18-19,21,34H,5,7,11-17H2,1-2H3. The van der Waals surface area contributed by atoms with Crippen LogP contribution >= 0.6 is 0 Å². The molecule has 3 aliphatic rings. The van der Waals surface area contributed by atoms with E-state index in [4.69, 9.17) is 4.74 Å². The molecule has 2 fully saturated rings. The van der Waals surface area contributed by atoms with Crippen molar-refractivity contribution < 1.29 is 13.9 Å². The van der Waals surface area contributed by atoms with E-state index in [0.29, 0.717) is 36.9 Å². The fourth-order valence-corrected chi connectivity index (χ4v) is 6.58. The Labute approximate surface area is 237 Å². The van der Waals surface area contributed by atoms with Crippen molar-refractivity contribution in [2.45, 2.75) is 25.3 Å². The summed E-state index contributed by atoms with van der Waals surface area (Å²) >= 11 is 0. The van der Waals surface area contributed by atoms with E-state index in [2.05, 4.69) is 22.2 Å². The van der Waals surface area contributed by atoms with Crippen LogP contribution in [0, 0.1) is 5.82 Å². The van der Waals surface area contributed by atoms with Crippen LogP contribution in [0.1, 0.15) is 29.6 Å². The Morgan fingerprint density at radius 3 is 2.63 bits per heavy atom. The van der Waals surface area contributed by atoms with E-state index in [-0.39, 0.29) is 28.3 Å². The van der Waals surface area contributed by atoms with Gasteiger partial charge >= 0.3 is 0 Å². The molecule has 0 radical (unpaired) electrons. The highest BCUT2D eigenvalue weighted by Crippen LogP contribution is 2.47. The summed E-state index contributed by atoms with van der Waals surface area (Å²) in [5.41, 5.74) is 1.00. The number of aromatic nitrogens is 1. The smallest absolute Gasteiger partial charge is 0.259 e. The first kappa shape index (κ1) is 26.0. The molecule has 1 atom stereocenters. The molecule has 2 saturated heterocycles. The zero-order chi connectivity index (χ0) is 28.2. The van der Waals surface area contributed by atoms with Crippen LogP contribution < -0.4 is 15.5 Å². The van der Waals surface area contributed by atoms with Crippen molar-refractivity contribution in [3.63, 3.8) is 0 Å². The van der Waals surface area contributed by atoms with Crippen LogP contribution in [-0.4, -0.2) is 84.6 Å². The van der Waals surface area contributed by atoms with Gasteiger partial charge in [0, 0.05) is 50.3 Å². The Bertz CT molecular complexity index is 1740. The maximum atomic E-state index is 15.8.